The number of rotatable bonds is 3. The summed E-state index contributed by atoms with van der Waals surface area (Å²) in [5, 5.41) is 9.93. The minimum Gasteiger partial charge on any atom is -0.497 e. The van der Waals surface area contributed by atoms with Crippen LogP contribution in [-0.2, 0) is 5.60 Å². The average molecular weight is 194 g/mol. The second kappa shape index (κ2) is 3.17. The lowest BCUT2D eigenvalue weighted by molar-refractivity contribution is 0.150. The van der Waals surface area contributed by atoms with Crippen molar-refractivity contribution in [2.75, 3.05) is 14.2 Å². The number of aliphatic hydroxyl groups is 1. The normalized spacial score (nSPS) is 17.6. The van der Waals surface area contributed by atoms with E-state index in [0.29, 0.717) is 0 Å². The predicted octanol–water partition coefficient (Wildman–Crippen LogP) is 1.69. The zero-order chi connectivity index (χ0) is 10.2. The minimum atomic E-state index is -0.637. The van der Waals surface area contributed by atoms with Crippen LogP contribution < -0.4 is 9.47 Å². The van der Waals surface area contributed by atoms with Crippen LogP contribution in [0.4, 0.5) is 0 Å². The molecule has 0 atom stereocenters. The highest BCUT2D eigenvalue weighted by Crippen LogP contribution is 2.47. The molecule has 0 spiro atoms. The van der Waals surface area contributed by atoms with Crippen LogP contribution in [0.15, 0.2) is 18.2 Å². The number of ether oxygens (including phenoxy) is 2. The monoisotopic (exact) mass is 194 g/mol. The number of hydrogen-bond acceptors (Lipinski definition) is 3. The third-order valence-corrected chi connectivity index (χ3v) is 2.61. The van der Waals surface area contributed by atoms with Crippen molar-refractivity contribution in [3.8, 4) is 11.5 Å². The molecule has 1 aliphatic carbocycles. The van der Waals surface area contributed by atoms with Crippen LogP contribution in [0.5, 0.6) is 11.5 Å². The molecule has 3 heteroatoms. The second-order valence-corrected chi connectivity index (χ2v) is 3.63. The van der Waals surface area contributed by atoms with Gasteiger partial charge in [0.05, 0.1) is 19.8 Å². The summed E-state index contributed by atoms with van der Waals surface area (Å²) in [6, 6.07) is 5.51. The maximum atomic E-state index is 9.93. The van der Waals surface area contributed by atoms with E-state index in [-0.39, 0.29) is 0 Å². The average Bonchev–Trinajstić information content (AvgIpc) is 2.97. The van der Waals surface area contributed by atoms with E-state index in [1.807, 2.05) is 12.1 Å². The van der Waals surface area contributed by atoms with Crippen LogP contribution in [-0.4, -0.2) is 19.3 Å². The van der Waals surface area contributed by atoms with E-state index in [9.17, 15) is 5.11 Å². The molecule has 1 N–H and O–H groups in total. The van der Waals surface area contributed by atoms with Crippen molar-refractivity contribution in [3.05, 3.63) is 23.8 Å². The summed E-state index contributed by atoms with van der Waals surface area (Å²) in [5.41, 5.74) is 0.246. The zero-order valence-corrected chi connectivity index (χ0v) is 8.41. The molecule has 1 aromatic carbocycles. The Morgan fingerprint density at radius 1 is 1.07 bits per heavy atom. The minimum absolute atomic E-state index is 0.637. The van der Waals surface area contributed by atoms with Gasteiger partial charge in [-0.05, 0) is 30.5 Å². The smallest absolute Gasteiger partial charge is 0.122 e. The van der Waals surface area contributed by atoms with Crippen LogP contribution in [0.3, 0.4) is 0 Å². The van der Waals surface area contributed by atoms with E-state index in [1.165, 1.54) is 0 Å². The van der Waals surface area contributed by atoms with E-state index in [1.54, 1.807) is 20.3 Å². The molecule has 0 unspecified atom stereocenters. The highest BCUT2D eigenvalue weighted by atomic mass is 16.5. The third-order valence-electron chi connectivity index (χ3n) is 2.61. The Morgan fingerprint density at radius 2 is 1.57 bits per heavy atom. The van der Waals surface area contributed by atoms with Crippen molar-refractivity contribution >= 4 is 0 Å². The number of hydrogen-bond donors (Lipinski definition) is 1. The number of methoxy groups -OCH3 is 2. The van der Waals surface area contributed by atoms with Crippen LogP contribution >= 0.6 is 0 Å². The van der Waals surface area contributed by atoms with Gasteiger partial charge in [-0.25, -0.2) is 0 Å². The van der Waals surface area contributed by atoms with Crippen LogP contribution in [0.2, 0.25) is 0 Å². The van der Waals surface area contributed by atoms with Gasteiger partial charge >= 0.3 is 0 Å². The van der Waals surface area contributed by atoms with E-state index in [4.69, 9.17) is 9.47 Å². The first-order valence-electron chi connectivity index (χ1n) is 4.64. The molecule has 2 rings (SSSR count). The van der Waals surface area contributed by atoms with Crippen LogP contribution in [0.25, 0.3) is 0 Å². The molecule has 1 saturated carbocycles. The Labute approximate surface area is 83.3 Å². The zero-order valence-electron chi connectivity index (χ0n) is 8.41. The fourth-order valence-electron chi connectivity index (χ4n) is 1.48. The quantitative estimate of drug-likeness (QED) is 0.795. The van der Waals surface area contributed by atoms with Crippen molar-refractivity contribution in [2.45, 2.75) is 18.4 Å². The van der Waals surface area contributed by atoms with Gasteiger partial charge in [0.1, 0.15) is 11.5 Å². The topological polar surface area (TPSA) is 38.7 Å². The molecule has 0 aliphatic heterocycles. The largest absolute Gasteiger partial charge is 0.497 e. The highest BCUT2D eigenvalue weighted by molar-refractivity contribution is 5.42. The van der Waals surface area contributed by atoms with Gasteiger partial charge in [0.2, 0.25) is 0 Å². The Hall–Kier alpha value is -1.22. The SMILES string of the molecule is COc1cc(OC)cc(C2(O)CC2)c1. The molecule has 0 bridgehead atoms. The van der Waals surface area contributed by atoms with Gasteiger partial charge in [-0.1, -0.05) is 0 Å². The summed E-state index contributed by atoms with van der Waals surface area (Å²) in [6.07, 6.45) is 1.65. The Balaban J connectivity index is 2.39. The summed E-state index contributed by atoms with van der Waals surface area (Å²) in [6.45, 7) is 0. The molecule has 76 valence electrons. The lowest BCUT2D eigenvalue weighted by Gasteiger charge is -2.12. The fraction of sp³-hybridized carbons (Fsp3) is 0.455. The lowest BCUT2D eigenvalue weighted by Crippen LogP contribution is -2.04. The Kier molecular flexibility index (Phi) is 2.11. The first-order valence-corrected chi connectivity index (χ1v) is 4.64. The molecule has 0 radical (unpaired) electrons. The standard InChI is InChI=1S/C11H14O3/c1-13-9-5-8(11(12)3-4-11)6-10(7-9)14-2/h5-7,12H,3-4H2,1-2H3. The number of benzene rings is 1. The first-order chi connectivity index (χ1) is 6.68. The molecule has 0 saturated heterocycles. The molecule has 14 heavy (non-hydrogen) atoms. The van der Waals surface area contributed by atoms with Crippen molar-refractivity contribution in [1.82, 2.24) is 0 Å². The fourth-order valence-corrected chi connectivity index (χ4v) is 1.48. The Bertz CT molecular complexity index is 320. The van der Waals surface area contributed by atoms with E-state index >= 15 is 0 Å². The van der Waals surface area contributed by atoms with Gasteiger partial charge in [-0.2, -0.15) is 0 Å². The van der Waals surface area contributed by atoms with Gasteiger partial charge in [0.15, 0.2) is 0 Å². The van der Waals surface area contributed by atoms with Gasteiger partial charge in [0.25, 0.3) is 0 Å². The predicted molar refractivity (Wildman–Crippen MR) is 52.7 cm³/mol. The molecule has 3 nitrogen and oxygen atoms in total. The summed E-state index contributed by atoms with van der Waals surface area (Å²) in [5.74, 6) is 1.44. The van der Waals surface area contributed by atoms with E-state index < -0.39 is 5.60 Å². The molecule has 1 fully saturated rings. The molecule has 1 aliphatic rings. The second-order valence-electron chi connectivity index (χ2n) is 3.63. The Morgan fingerprint density at radius 3 is 1.93 bits per heavy atom. The van der Waals surface area contributed by atoms with Crippen molar-refractivity contribution in [3.63, 3.8) is 0 Å². The molecule has 1 aromatic rings. The summed E-state index contributed by atoms with van der Waals surface area (Å²) < 4.78 is 10.3. The van der Waals surface area contributed by atoms with Crippen LogP contribution in [0, 0.1) is 0 Å². The summed E-state index contributed by atoms with van der Waals surface area (Å²) >= 11 is 0. The summed E-state index contributed by atoms with van der Waals surface area (Å²) in [4.78, 5) is 0. The molecular weight excluding hydrogens is 180 g/mol. The van der Waals surface area contributed by atoms with Gasteiger partial charge in [0, 0.05) is 6.07 Å². The van der Waals surface area contributed by atoms with Crippen molar-refractivity contribution in [1.29, 1.82) is 0 Å². The molecule has 0 amide bonds. The third kappa shape index (κ3) is 1.55. The van der Waals surface area contributed by atoms with E-state index in [0.717, 1.165) is 29.9 Å². The van der Waals surface area contributed by atoms with Crippen molar-refractivity contribution < 1.29 is 14.6 Å². The summed E-state index contributed by atoms with van der Waals surface area (Å²) in [7, 11) is 3.21. The van der Waals surface area contributed by atoms with Gasteiger partial charge in [-0.3, -0.25) is 0 Å². The molecule has 0 heterocycles. The maximum absolute atomic E-state index is 9.93. The van der Waals surface area contributed by atoms with Gasteiger partial charge in [-0.15, -0.1) is 0 Å². The lowest BCUT2D eigenvalue weighted by atomic mass is 10.1. The maximum Gasteiger partial charge on any atom is 0.122 e. The van der Waals surface area contributed by atoms with Crippen molar-refractivity contribution in [2.24, 2.45) is 0 Å². The molecule has 0 aromatic heterocycles. The van der Waals surface area contributed by atoms with E-state index in [2.05, 4.69) is 0 Å². The first kappa shape index (κ1) is 9.34. The van der Waals surface area contributed by atoms with Gasteiger partial charge < -0.3 is 14.6 Å². The molecular formula is C11H14O3. The van der Waals surface area contributed by atoms with Crippen LogP contribution in [0.1, 0.15) is 18.4 Å². The highest BCUT2D eigenvalue weighted by Gasteiger charge is 2.42.